The number of benzene rings is 1. The summed E-state index contributed by atoms with van der Waals surface area (Å²) >= 11 is 0. The molecule has 1 amide bonds. The zero-order chi connectivity index (χ0) is 17.2. The van der Waals surface area contributed by atoms with Crippen molar-refractivity contribution in [3.05, 3.63) is 60.7 Å². The molecule has 0 bridgehead atoms. The molecule has 0 saturated carbocycles. The molecule has 1 aromatic carbocycles. The second-order valence-electron chi connectivity index (χ2n) is 5.56. The quantitative estimate of drug-likeness (QED) is 0.616. The van der Waals surface area contributed by atoms with Crippen molar-refractivity contribution < 1.29 is 4.79 Å². The van der Waals surface area contributed by atoms with Gasteiger partial charge in [-0.1, -0.05) is 30.3 Å². The highest BCUT2D eigenvalue weighted by atomic mass is 16.2. The van der Waals surface area contributed by atoms with E-state index < -0.39 is 0 Å². The number of rotatable bonds is 4. The third-order valence-electron chi connectivity index (χ3n) is 3.73. The van der Waals surface area contributed by atoms with Crippen LogP contribution in [0.15, 0.2) is 55.0 Å². The predicted octanol–water partition coefficient (Wildman–Crippen LogP) is 1.93. The number of aryl methyl sites for hydroxylation is 1. The average molecular weight is 333 g/mol. The molecule has 0 fully saturated rings. The van der Waals surface area contributed by atoms with Crippen LogP contribution in [0.4, 0.5) is 5.95 Å². The molecule has 124 valence electrons. The normalized spacial score (nSPS) is 10.9. The van der Waals surface area contributed by atoms with Crippen LogP contribution in [0.3, 0.4) is 0 Å². The SMILES string of the molecule is Cc1ccn2c(NC(=O)Cn3ccnc3-c3ccccc3)nnc2n1. The van der Waals surface area contributed by atoms with Gasteiger partial charge in [-0.05, 0) is 13.0 Å². The van der Waals surface area contributed by atoms with E-state index in [1.54, 1.807) is 27.6 Å². The van der Waals surface area contributed by atoms with Crippen molar-refractivity contribution in [2.45, 2.75) is 13.5 Å². The van der Waals surface area contributed by atoms with Crippen molar-refractivity contribution in [3.63, 3.8) is 0 Å². The monoisotopic (exact) mass is 333 g/mol. The molecule has 0 spiro atoms. The lowest BCUT2D eigenvalue weighted by atomic mass is 10.2. The molecular formula is C17H15N7O. The van der Waals surface area contributed by atoms with Crippen LogP contribution in [0.1, 0.15) is 5.69 Å². The molecule has 0 radical (unpaired) electrons. The number of imidazole rings is 1. The number of carbonyl (C=O) groups is 1. The molecule has 1 N–H and O–H groups in total. The molecule has 8 heteroatoms. The van der Waals surface area contributed by atoms with Crippen LogP contribution in [-0.4, -0.2) is 35.0 Å². The van der Waals surface area contributed by atoms with Gasteiger partial charge < -0.3 is 4.57 Å². The lowest BCUT2D eigenvalue weighted by Crippen LogP contribution is -2.20. The Labute approximate surface area is 143 Å². The molecule has 8 nitrogen and oxygen atoms in total. The molecule has 4 aromatic rings. The first-order valence-corrected chi connectivity index (χ1v) is 7.75. The van der Waals surface area contributed by atoms with Crippen LogP contribution in [0.2, 0.25) is 0 Å². The summed E-state index contributed by atoms with van der Waals surface area (Å²) in [5, 5.41) is 10.7. The Morgan fingerprint density at radius 2 is 1.96 bits per heavy atom. The molecule has 4 rings (SSSR count). The van der Waals surface area contributed by atoms with Gasteiger partial charge in [0.2, 0.25) is 11.9 Å². The summed E-state index contributed by atoms with van der Waals surface area (Å²) in [6.45, 7) is 2.00. The van der Waals surface area contributed by atoms with E-state index in [1.165, 1.54) is 0 Å². The Balaban J connectivity index is 1.54. The molecule has 0 aliphatic rings. The number of carbonyl (C=O) groups excluding carboxylic acids is 1. The van der Waals surface area contributed by atoms with Crippen LogP contribution >= 0.6 is 0 Å². The third kappa shape index (κ3) is 2.97. The van der Waals surface area contributed by atoms with Gasteiger partial charge in [0.1, 0.15) is 12.4 Å². The van der Waals surface area contributed by atoms with Crippen molar-refractivity contribution in [2.24, 2.45) is 0 Å². The fraction of sp³-hybridized carbons (Fsp3) is 0.118. The van der Waals surface area contributed by atoms with Crippen LogP contribution in [0.5, 0.6) is 0 Å². The van der Waals surface area contributed by atoms with Gasteiger partial charge in [-0.2, -0.15) is 0 Å². The summed E-state index contributed by atoms with van der Waals surface area (Å²) < 4.78 is 3.42. The maximum absolute atomic E-state index is 12.4. The molecule has 0 saturated heterocycles. The summed E-state index contributed by atoms with van der Waals surface area (Å²) in [4.78, 5) is 21.0. The summed E-state index contributed by atoms with van der Waals surface area (Å²) in [6, 6.07) is 11.6. The van der Waals surface area contributed by atoms with Gasteiger partial charge in [0.25, 0.3) is 5.78 Å². The Hall–Kier alpha value is -3.55. The smallest absolute Gasteiger partial charge is 0.256 e. The fourth-order valence-electron chi connectivity index (χ4n) is 2.56. The van der Waals surface area contributed by atoms with Crippen LogP contribution in [0, 0.1) is 6.92 Å². The summed E-state index contributed by atoms with van der Waals surface area (Å²) in [6.07, 6.45) is 5.23. The first-order chi connectivity index (χ1) is 12.2. The average Bonchev–Trinajstić information content (AvgIpc) is 3.22. The van der Waals surface area contributed by atoms with E-state index in [9.17, 15) is 4.79 Å². The standard InChI is InChI=1S/C17H15N7O/c1-12-7-9-24-16(19-12)21-22-17(24)20-14(25)11-23-10-8-18-15(23)13-5-3-2-4-6-13/h2-10H,11H2,1H3,(H,20,22,25). The predicted molar refractivity (Wildman–Crippen MR) is 91.8 cm³/mol. The number of fused-ring (bicyclic) bond motifs is 1. The molecule has 3 aromatic heterocycles. The first-order valence-electron chi connectivity index (χ1n) is 7.75. The molecule has 0 atom stereocenters. The number of anilines is 1. The van der Waals surface area contributed by atoms with Gasteiger partial charge in [0.15, 0.2) is 0 Å². The fourth-order valence-corrected chi connectivity index (χ4v) is 2.56. The van der Waals surface area contributed by atoms with Gasteiger partial charge in [-0.25, -0.2) is 9.97 Å². The first kappa shape index (κ1) is 15.0. The molecular weight excluding hydrogens is 318 g/mol. The number of nitrogens with one attached hydrogen (secondary N) is 1. The van der Waals surface area contributed by atoms with Crippen LogP contribution in [0.25, 0.3) is 17.2 Å². The highest BCUT2D eigenvalue weighted by Crippen LogP contribution is 2.16. The molecule has 0 aliphatic heterocycles. The number of nitrogens with zero attached hydrogens (tertiary/aromatic N) is 6. The van der Waals surface area contributed by atoms with Crippen molar-refractivity contribution >= 4 is 17.6 Å². The molecule has 3 heterocycles. The second-order valence-corrected chi connectivity index (χ2v) is 5.56. The summed E-state index contributed by atoms with van der Waals surface area (Å²) in [5.41, 5.74) is 1.79. The van der Waals surface area contributed by atoms with Gasteiger partial charge in [0.05, 0.1) is 0 Å². The Morgan fingerprint density at radius 3 is 2.80 bits per heavy atom. The zero-order valence-corrected chi connectivity index (χ0v) is 13.5. The van der Waals surface area contributed by atoms with Crippen molar-refractivity contribution in [1.82, 2.24) is 29.1 Å². The lowest BCUT2D eigenvalue weighted by Gasteiger charge is -2.08. The van der Waals surface area contributed by atoms with E-state index in [4.69, 9.17) is 0 Å². The molecule has 0 aliphatic carbocycles. The zero-order valence-electron chi connectivity index (χ0n) is 13.5. The van der Waals surface area contributed by atoms with Gasteiger partial charge in [0, 0.05) is 29.8 Å². The van der Waals surface area contributed by atoms with E-state index >= 15 is 0 Å². The number of hydrogen-bond donors (Lipinski definition) is 1. The number of amides is 1. The highest BCUT2D eigenvalue weighted by Gasteiger charge is 2.13. The minimum atomic E-state index is -0.218. The lowest BCUT2D eigenvalue weighted by molar-refractivity contribution is -0.116. The van der Waals surface area contributed by atoms with Crippen LogP contribution in [-0.2, 0) is 11.3 Å². The highest BCUT2D eigenvalue weighted by molar-refractivity contribution is 5.89. The second kappa shape index (κ2) is 6.16. The largest absolute Gasteiger partial charge is 0.322 e. The Morgan fingerprint density at radius 1 is 1.12 bits per heavy atom. The Bertz CT molecular complexity index is 1040. The maximum atomic E-state index is 12.4. The van der Waals surface area contributed by atoms with Crippen molar-refractivity contribution in [1.29, 1.82) is 0 Å². The van der Waals surface area contributed by atoms with Crippen molar-refractivity contribution in [3.8, 4) is 11.4 Å². The minimum absolute atomic E-state index is 0.123. The maximum Gasteiger partial charge on any atom is 0.256 e. The van der Waals surface area contributed by atoms with E-state index in [2.05, 4.69) is 25.5 Å². The van der Waals surface area contributed by atoms with E-state index in [1.807, 2.05) is 43.3 Å². The molecule has 25 heavy (non-hydrogen) atoms. The van der Waals surface area contributed by atoms with Gasteiger partial charge in [-0.3, -0.25) is 14.5 Å². The van der Waals surface area contributed by atoms with E-state index in [0.717, 1.165) is 17.1 Å². The number of aromatic nitrogens is 6. The van der Waals surface area contributed by atoms with Gasteiger partial charge in [-0.15, -0.1) is 10.2 Å². The topological polar surface area (TPSA) is 90.0 Å². The van der Waals surface area contributed by atoms with E-state index in [-0.39, 0.29) is 12.5 Å². The van der Waals surface area contributed by atoms with E-state index in [0.29, 0.717) is 11.7 Å². The number of hydrogen-bond acceptors (Lipinski definition) is 5. The summed E-state index contributed by atoms with van der Waals surface area (Å²) in [7, 11) is 0. The summed E-state index contributed by atoms with van der Waals surface area (Å²) in [5.74, 6) is 1.31. The third-order valence-corrected chi connectivity index (χ3v) is 3.73. The van der Waals surface area contributed by atoms with Gasteiger partial charge >= 0.3 is 0 Å². The van der Waals surface area contributed by atoms with Crippen molar-refractivity contribution in [2.75, 3.05) is 5.32 Å². The Kier molecular flexibility index (Phi) is 3.70. The van der Waals surface area contributed by atoms with Crippen LogP contribution < -0.4 is 5.32 Å². The molecule has 0 unspecified atom stereocenters. The minimum Gasteiger partial charge on any atom is -0.322 e.